The van der Waals surface area contributed by atoms with Gasteiger partial charge in [0.25, 0.3) is 5.91 Å². The Morgan fingerprint density at radius 3 is 2.39 bits per heavy atom. The number of hydrogen-bond donors (Lipinski definition) is 0. The maximum absolute atomic E-state index is 12.5. The van der Waals surface area contributed by atoms with Gasteiger partial charge in [0.2, 0.25) is 10.0 Å². The molecule has 1 saturated heterocycles. The standard InChI is InChI=1S/C17H26N2O3S/c1-13(2)18(4)23(21,22)16-9-7-15(8-10-16)17(20)19-11-5-6-14(3)12-19/h7-10,13-14H,5-6,11-12H2,1-4H3. The first-order valence-corrected chi connectivity index (χ1v) is 9.55. The summed E-state index contributed by atoms with van der Waals surface area (Å²) in [7, 11) is -1.94. The molecule has 1 aliphatic rings. The van der Waals surface area contributed by atoms with E-state index in [1.165, 1.54) is 16.4 Å². The molecule has 1 aromatic rings. The van der Waals surface area contributed by atoms with E-state index in [2.05, 4.69) is 6.92 Å². The molecule has 0 N–H and O–H groups in total. The third-order valence-electron chi connectivity index (χ3n) is 4.45. The van der Waals surface area contributed by atoms with Gasteiger partial charge < -0.3 is 4.90 Å². The number of carbonyl (C=O) groups is 1. The van der Waals surface area contributed by atoms with Crippen LogP contribution >= 0.6 is 0 Å². The summed E-state index contributed by atoms with van der Waals surface area (Å²) in [6, 6.07) is 6.16. The predicted molar refractivity (Wildman–Crippen MR) is 90.8 cm³/mol. The van der Waals surface area contributed by atoms with Crippen molar-refractivity contribution in [3.05, 3.63) is 29.8 Å². The molecule has 23 heavy (non-hydrogen) atoms. The first-order chi connectivity index (χ1) is 10.7. The first-order valence-electron chi connectivity index (χ1n) is 8.11. The van der Waals surface area contributed by atoms with Crippen molar-refractivity contribution >= 4 is 15.9 Å². The van der Waals surface area contributed by atoms with E-state index in [9.17, 15) is 13.2 Å². The molecule has 128 valence electrons. The molecule has 0 aliphatic carbocycles. The summed E-state index contributed by atoms with van der Waals surface area (Å²) in [6.07, 6.45) is 2.18. The van der Waals surface area contributed by atoms with Gasteiger partial charge in [-0.2, -0.15) is 4.31 Å². The van der Waals surface area contributed by atoms with E-state index < -0.39 is 10.0 Å². The lowest BCUT2D eigenvalue weighted by Crippen LogP contribution is -2.39. The molecule has 0 saturated carbocycles. The van der Waals surface area contributed by atoms with Gasteiger partial charge in [0.1, 0.15) is 0 Å². The molecule has 1 atom stereocenters. The minimum absolute atomic E-state index is 0.0160. The smallest absolute Gasteiger partial charge is 0.253 e. The summed E-state index contributed by atoms with van der Waals surface area (Å²) in [5, 5.41) is 0. The number of benzene rings is 1. The molecular weight excluding hydrogens is 312 g/mol. The van der Waals surface area contributed by atoms with Gasteiger partial charge in [0.15, 0.2) is 0 Å². The zero-order chi connectivity index (χ0) is 17.2. The van der Waals surface area contributed by atoms with Crippen LogP contribution in [0.25, 0.3) is 0 Å². The van der Waals surface area contributed by atoms with E-state index in [1.807, 2.05) is 18.7 Å². The van der Waals surface area contributed by atoms with Crippen molar-refractivity contribution in [2.75, 3.05) is 20.1 Å². The van der Waals surface area contributed by atoms with Crippen LogP contribution in [0.3, 0.4) is 0 Å². The van der Waals surface area contributed by atoms with Crippen molar-refractivity contribution in [2.45, 2.75) is 44.6 Å². The van der Waals surface area contributed by atoms with Crippen molar-refractivity contribution in [2.24, 2.45) is 5.92 Å². The van der Waals surface area contributed by atoms with Crippen LogP contribution in [0, 0.1) is 5.92 Å². The van der Waals surface area contributed by atoms with Gasteiger partial charge >= 0.3 is 0 Å². The normalized spacial score (nSPS) is 19.4. The molecule has 0 radical (unpaired) electrons. The Morgan fingerprint density at radius 2 is 1.87 bits per heavy atom. The van der Waals surface area contributed by atoms with E-state index in [1.54, 1.807) is 19.2 Å². The second-order valence-corrected chi connectivity index (χ2v) is 8.64. The highest BCUT2D eigenvalue weighted by molar-refractivity contribution is 7.89. The Morgan fingerprint density at radius 1 is 1.26 bits per heavy atom. The Hall–Kier alpha value is -1.40. The van der Waals surface area contributed by atoms with Gasteiger partial charge in [0.05, 0.1) is 4.90 Å². The maximum Gasteiger partial charge on any atom is 0.253 e. The quantitative estimate of drug-likeness (QED) is 0.848. The van der Waals surface area contributed by atoms with Gasteiger partial charge in [-0.3, -0.25) is 4.79 Å². The third-order valence-corrected chi connectivity index (χ3v) is 6.50. The molecule has 5 nitrogen and oxygen atoms in total. The average Bonchev–Trinajstić information content (AvgIpc) is 2.53. The lowest BCUT2D eigenvalue weighted by atomic mass is 9.99. The maximum atomic E-state index is 12.5. The van der Waals surface area contributed by atoms with Crippen molar-refractivity contribution < 1.29 is 13.2 Å². The van der Waals surface area contributed by atoms with Crippen molar-refractivity contribution in [1.29, 1.82) is 0 Å². The van der Waals surface area contributed by atoms with E-state index >= 15 is 0 Å². The van der Waals surface area contributed by atoms with E-state index in [0.29, 0.717) is 11.5 Å². The van der Waals surface area contributed by atoms with E-state index in [-0.39, 0.29) is 16.8 Å². The Bertz CT molecular complexity index is 653. The van der Waals surface area contributed by atoms with Gasteiger partial charge in [-0.05, 0) is 56.9 Å². The van der Waals surface area contributed by atoms with Crippen LogP contribution in [0.1, 0.15) is 44.0 Å². The number of hydrogen-bond acceptors (Lipinski definition) is 3. The zero-order valence-corrected chi connectivity index (χ0v) is 15.1. The molecule has 0 aromatic heterocycles. The third kappa shape index (κ3) is 3.93. The summed E-state index contributed by atoms with van der Waals surface area (Å²) in [6.45, 7) is 7.35. The van der Waals surface area contributed by atoms with E-state index in [0.717, 1.165) is 25.9 Å². The zero-order valence-electron chi connectivity index (χ0n) is 14.3. The number of rotatable bonds is 4. The molecule has 0 spiro atoms. The van der Waals surface area contributed by atoms with Crippen LogP contribution < -0.4 is 0 Å². The number of nitrogens with zero attached hydrogens (tertiary/aromatic N) is 2. The highest BCUT2D eigenvalue weighted by atomic mass is 32.2. The molecule has 1 amide bonds. The largest absolute Gasteiger partial charge is 0.338 e. The monoisotopic (exact) mass is 338 g/mol. The lowest BCUT2D eigenvalue weighted by Gasteiger charge is -2.31. The molecule has 2 rings (SSSR count). The van der Waals surface area contributed by atoms with Crippen molar-refractivity contribution in [3.8, 4) is 0 Å². The fourth-order valence-electron chi connectivity index (χ4n) is 2.77. The number of amides is 1. The summed E-state index contributed by atoms with van der Waals surface area (Å²) < 4.78 is 26.2. The Kier molecular flexibility index (Phi) is 5.47. The summed E-state index contributed by atoms with van der Waals surface area (Å²) in [4.78, 5) is 14.6. The molecule has 1 heterocycles. The molecule has 6 heteroatoms. The highest BCUT2D eigenvalue weighted by Gasteiger charge is 2.25. The van der Waals surface area contributed by atoms with Crippen LogP contribution in [-0.2, 0) is 10.0 Å². The summed E-state index contributed by atoms with van der Waals surface area (Å²) >= 11 is 0. The van der Waals surface area contributed by atoms with E-state index in [4.69, 9.17) is 0 Å². The number of carbonyl (C=O) groups excluding carboxylic acids is 1. The number of sulfonamides is 1. The van der Waals surface area contributed by atoms with Gasteiger partial charge in [-0.15, -0.1) is 0 Å². The van der Waals surface area contributed by atoms with Crippen molar-refractivity contribution in [1.82, 2.24) is 9.21 Å². The molecule has 1 unspecified atom stereocenters. The van der Waals surface area contributed by atoms with Crippen LogP contribution in [0.15, 0.2) is 29.2 Å². The molecular formula is C17H26N2O3S. The molecule has 1 aromatic carbocycles. The SMILES string of the molecule is CC1CCCN(C(=O)c2ccc(S(=O)(=O)N(C)C(C)C)cc2)C1. The average molecular weight is 338 g/mol. The molecule has 0 bridgehead atoms. The Labute approximate surface area is 139 Å². The lowest BCUT2D eigenvalue weighted by molar-refractivity contribution is 0.0683. The van der Waals surface area contributed by atoms with Gasteiger partial charge in [0, 0.05) is 31.7 Å². The highest BCUT2D eigenvalue weighted by Crippen LogP contribution is 2.20. The second-order valence-electron chi connectivity index (χ2n) is 6.64. The second kappa shape index (κ2) is 7.01. The minimum atomic E-state index is -3.51. The number of likely N-dealkylation sites (tertiary alicyclic amines) is 1. The predicted octanol–water partition coefficient (Wildman–Crippen LogP) is 2.59. The fraction of sp³-hybridized carbons (Fsp3) is 0.588. The molecule has 1 aliphatic heterocycles. The number of piperidine rings is 1. The van der Waals surface area contributed by atoms with Gasteiger partial charge in [-0.25, -0.2) is 8.42 Å². The summed E-state index contributed by atoms with van der Waals surface area (Å²) in [5.74, 6) is 0.504. The van der Waals surface area contributed by atoms with Gasteiger partial charge in [-0.1, -0.05) is 6.92 Å². The minimum Gasteiger partial charge on any atom is -0.338 e. The van der Waals surface area contributed by atoms with Crippen LogP contribution in [0.5, 0.6) is 0 Å². The van der Waals surface area contributed by atoms with Crippen LogP contribution in [-0.4, -0.2) is 49.7 Å². The molecule has 1 fully saturated rings. The fourth-order valence-corrected chi connectivity index (χ4v) is 4.14. The topological polar surface area (TPSA) is 57.7 Å². The summed E-state index contributed by atoms with van der Waals surface area (Å²) in [5.41, 5.74) is 0.547. The van der Waals surface area contributed by atoms with Crippen LogP contribution in [0.2, 0.25) is 0 Å². The van der Waals surface area contributed by atoms with Crippen molar-refractivity contribution in [3.63, 3.8) is 0 Å². The first kappa shape index (κ1) is 17.9. The Balaban J connectivity index is 2.18. The van der Waals surface area contributed by atoms with Crippen LogP contribution in [0.4, 0.5) is 0 Å².